The number of benzene rings is 3. The minimum atomic E-state index is -0.672. The van der Waals surface area contributed by atoms with Crippen molar-refractivity contribution in [3.63, 3.8) is 0 Å². The van der Waals surface area contributed by atoms with Gasteiger partial charge in [-0.3, -0.25) is 9.59 Å². The molecule has 3 rings (SSSR count). The molecule has 0 aliphatic rings. The minimum absolute atomic E-state index is 0.0928. The minimum Gasteiger partial charge on any atom is -0.481 e. The van der Waals surface area contributed by atoms with Gasteiger partial charge in [-0.1, -0.05) is 35.3 Å². The summed E-state index contributed by atoms with van der Waals surface area (Å²) in [6.45, 7) is 3.47. The van der Waals surface area contributed by atoms with Crippen LogP contribution in [0.1, 0.15) is 27.0 Å². The van der Waals surface area contributed by atoms with Crippen molar-refractivity contribution in [1.82, 2.24) is 0 Å². The normalized spacial score (nSPS) is 10.8. The third kappa shape index (κ3) is 7.35. The van der Waals surface area contributed by atoms with Gasteiger partial charge in [-0.2, -0.15) is 5.26 Å². The number of methoxy groups -OCH3 is 1. The summed E-state index contributed by atoms with van der Waals surface area (Å²) in [6, 6.07) is 16.5. The van der Waals surface area contributed by atoms with Crippen molar-refractivity contribution in [3.05, 3.63) is 92.5 Å². The zero-order valence-electron chi connectivity index (χ0n) is 20.7. The van der Waals surface area contributed by atoms with Gasteiger partial charge in [-0.05, 0) is 79.1 Å². The predicted octanol–water partition coefficient (Wildman–Crippen LogP) is 5.96. The number of nitriles is 1. The van der Waals surface area contributed by atoms with Gasteiger partial charge < -0.3 is 20.1 Å². The van der Waals surface area contributed by atoms with Gasteiger partial charge in [-0.15, -0.1) is 0 Å². The highest BCUT2D eigenvalue weighted by atomic mass is 35.5. The van der Waals surface area contributed by atoms with Crippen molar-refractivity contribution < 1.29 is 23.9 Å². The molecule has 2 amide bonds. The highest BCUT2D eigenvalue weighted by Crippen LogP contribution is 2.35. The van der Waals surface area contributed by atoms with E-state index in [1.165, 1.54) is 49.6 Å². The maximum Gasteiger partial charge on any atom is 0.337 e. The molecule has 3 aromatic rings. The summed E-state index contributed by atoms with van der Waals surface area (Å²) in [5, 5.41) is 15.1. The third-order valence-electron chi connectivity index (χ3n) is 5.28. The number of carbonyl (C=O) groups excluding carboxylic acids is 3. The Morgan fingerprint density at radius 3 is 2.24 bits per heavy atom. The van der Waals surface area contributed by atoms with E-state index >= 15 is 0 Å². The fraction of sp³-hybridized carbons (Fsp3) is 0.143. The lowest BCUT2D eigenvalue weighted by atomic mass is 10.1. The maximum absolute atomic E-state index is 12.6. The number of aryl methyl sites for hydroxylation is 2. The molecule has 0 fully saturated rings. The predicted molar refractivity (Wildman–Crippen MR) is 147 cm³/mol. The number of anilines is 2. The van der Waals surface area contributed by atoms with Crippen molar-refractivity contribution in [1.29, 1.82) is 5.26 Å². The van der Waals surface area contributed by atoms with E-state index in [9.17, 15) is 19.6 Å². The van der Waals surface area contributed by atoms with Gasteiger partial charge >= 0.3 is 5.97 Å². The van der Waals surface area contributed by atoms with Gasteiger partial charge in [0.2, 0.25) is 0 Å². The maximum atomic E-state index is 12.6. The van der Waals surface area contributed by atoms with E-state index in [2.05, 4.69) is 15.4 Å². The van der Waals surface area contributed by atoms with Crippen molar-refractivity contribution >= 4 is 58.4 Å². The van der Waals surface area contributed by atoms with E-state index in [4.69, 9.17) is 27.9 Å². The number of nitrogens with one attached hydrogen (secondary N) is 2. The number of amides is 2. The Balaban J connectivity index is 1.68. The molecule has 0 atom stereocenters. The summed E-state index contributed by atoms with van der Waals surface area (Å²) in [4.78, 5) is 36.5. The van der Waals surface area contributed by atoms with Crippen LogP contribution in [0.4, 0.5) is 11.4 Å². The summed E-state index contributed by atoms with van der Waals surface area (Å²) in [6.07, 6.45) is 1.31. The average molecular weight is 552 g/mol. The van der Waals surface area contributed by atoms with Gasteiger partial charge in [-0.25, -0.2) is 4.79 Å². The molecule has 8 nitrogen and oxygen atoms in total. The Hall–Kier alpha value is -4.32. The lowest BCUT2D eigenvalue weighted by molar-refractivity contribution is -0.118. The Morgan fingerprint density at radius 2 is 1.63 bits per heavy atom. The van der Waals surface area contributed by atoms with Crippen LogP contribution in [0.15, 0.2) is 60.2 Å². The molecule has 194 valence electrons. The molecule has 2 N–H and O–H groups in total. The van der Waals surface area contributed by atoms with Crippen molar-refractivity contribution in [3.8, 4) is 11.8 Å². The summed E-state index contributed by atoms with van der Waals surface area (Å²) >= 11 is 12.6. The van der Waals surface area contributed by atoms with Gasteiger partial charge in [0, 0.05) is 11.4 Å². The number of esters is 1. The molecule has 0 spiro atoms. The smallest absolute Gasteiger partial charge is 0.337 e. The standard InChI is InChI=1S/C28H23Cl2N3O5/c1-16-4-5-17(2)24(10-16)33-25(34)15-38-26-22(29)12-18(13-23(26)30)11-20(14-31)27(35)32-21-8-6-19(7-9-21)28(36)37-3/h4-13H,15H2,1-3H3,(H,32,35)(H,33,34)/b20-11-. The zero-order chi connectivity index (χ0) is 27.8. The van der Waals surface area contributed by atoms with E-state index in [-0.39, 0.29) is 28.0 Å². The molecule has 10 heteroatoms. The zero-order valence-corrected chi connectivity index (χ0v) is 22.2. The molecule has 0 aliphatic carbocycles. The summed E-state index contributed by atoms with van der Waals surface area (Å²) < 4.78 is 10.2. The number of nitrogens with zero attached hydrogens (tertiary/aromatic N) is 1. The molecule has 0 aromatic heterocycles. The second-order valence-electron chi connectivity index (χ2n) is 8.16. The molecule has 3 aromatic carbocycles. The van der Waals surface area contributed by atoms with E-state index in [0.717, 1.165) is 11.1 Å². The van der Waals surface area contributed by atoms with Crippen LogP contribution >= 0.6 is 23.2 Å². The van der Waals surface area contributed by atoms with E-state index in [1.54, 1.807) is 0 Å². The topological polar surface area (TPSA) is 118 Å². The van der Waals surface area contributed by atoms with Crippen LogP contribution in [-0.4, -0.2) is 31.5 Å². The van der Waals surface area contributed by atoms with Crippen LogP contribution in [0, 0.1) is 25.2 Å². The van der Waals surface area contributed by atoms with Crippen LogP contribution in [0.2, 0.25) is 10.0 Å². The molecule has 0 radical (unpaired) electrons. The highest BCUT2D eigenvalue weighted by Gasteiger charge is 2.15. The molecule has 0 saturated carbocycles. The van der Waals surface area contributed by atoms with Gasteiger partial charge in [0.05, 0.1) is 22.7 Å². The largest absolute Gasteiger partial charge is 0.481 e. The number of hydrogen-bond acceptors (Lipinski definition) is 6. The quantitative estimate of drug-likeness (QED) is 0.202. The van der Waals surface area contributed by atoms with Crippen molar-refractivity contribution in [2.24, 2.45) is 0 Å². The number of ether oxygens (including phenoxy) is 2. The molecular weight excluding hydrogens is 529 g/mol. The van der Waals surface area contributed by atoms with Crippen molar-refractivity contribution in [2.75, 3.05) is 24.4 Å². The molecule has 0 unspecified atom stereocenters. The molecule has 0 heterocycles. The lowest BCUT2D eigenvalue weighted by Gasteiger charge is -2.13. The highest BCUT2D eigenvalue weighted by molar-refractivity contribution is 6.37. The monoisotopic (exact) mass is 551 g/mol. The molecule has 0 saturated heterocycles. The Labute approximate surface area is 229 Å². The molecule has 0 bridgehead atoms. The van der Waals surface area contributed by atoms with Gasteiger partial charge in [0.25, 0.3) is 11.8 Å². The Morgan fingerprint density at radius 1 is 0.974 bits per heavy atom. The van der Waals surface area contributed by atoms with Gasteiger partial charge in [0.1, 0.15) is 11.6 Å². The van der Waals surface area contributed by atoms with Gasteiger partial charge in [0.15, 0.2) is 12.4 Å². The fourth-order valence-corrected chi connectivity index (χ4v) is 3.93. The van der Waals surface area contributed by atoms with E-state index < -0.39 is 17.8 Å². The first-order valence-electron chi connectivity index (χ1n) is 11.2. The number of carbonyl (C=O) groups is 3. The lowest BCUT2D eigenvalue weighted by Crippen LogP contribution is -2.21. The first-order valence-corrected chi connectivity index (χ1v) is 12.0. The second kappa shape index (κ2) is 12.8. The summed E-state index contributed by atoms with van der Waals surface area (Å²) in [5.41, 5.74) is 3.45. The SMILES string of the molecule is COC(=O)c1ccc(NC(=O)/C(C#N)=C\c2cc(Cl)c(OCC(=O)Nc3cc(C)ccc3C)c(Cl)c2)cc1. The summed E-state index contributed by atoms with van der Waals surface area (Å²) in [7, 11) is 1.27. The Bertz CT molecular complexity index is 1440. The number of halogens is 2. The first-order chi connectivity index (χ1) is 18.1. The van der Waals surface area contributed by atoms with Crippen LogP contribution in [0.25, 0.3) is 6.08 Å². The van der Waals surface area contributed by atoms with Crippen LogP contribution in [0.3, 0.4) is 0 Å². The Kier molecular flexibility index (Phi) is 9.49. The average Bonchev–Trinajstić information content (AvgIpc) is 2.88. The summed E-state index contributed by atoms with van der Waals surface area (Å²) in [5.74, 6) is -1.48. The van der Waals surface area contributed by atoms with Crippen LogP contribution < -0.4 is 15.4 Å². The second-order valence-corrected chi connectivity index (χ2v) is 8.98. The van der Waals surface area contributed by atoms with E-state index in [0.29, 0.717) is 22.5 Å². The van der Waals surface area contributed by atoms with Crippen molar-refractivity contribution in [2.45, 2.75) is 13.8 Å². The molecule has 38 heavy (non-hydrogen) atoms. The molecular formula is C28H23Cl2N3O5. The van der Waals surface area contributed by atoms with Crippen LogP contribution in [-0.2, 0) is 14.3 Å². The first kappa shape index (κ1) is 28.3. The third-order valence-corrected chi connectivity index (χ3v) is 5.84. The van der Waals surface area contributed by atoms with E-state index in [1.807, 2.05) is 38.1 Å². The molecule has 0 aliphatic heterocycles. The number of hydrogen-bond donors (Lipinski definition) is 2. The van der Waals surface area contributed by atoms with Crippen LogP contribution in [0.5, 0.6) is 5.75 Å². The number of rotatable bonds is 8. The fourth-order valence-electron chi connectivity index (χ4n) is 3.32.